The average molecular weight is 275 g/mol. The van der Waals surface area contributed by atoms with Crippen LogP contribution < -0.4 is 5.73 Å². The van der Waals surface area contributed by atoms with Crippen LogP contribution >= 0.6 is 0 Å². The Morgan fingerprint density at radius 1 is 1.40 bits per heavy atom. The van der Waals surface area contributed by atoms with Gasteiger partial charge in [-0.1, -0.05) is 0 Å². The van der Waals surface area contributed by atoms with E-state index in [0.29, 0.717) is 5.95 Å². The lowest BCUT2D eigenvalue weighted by atomic mass is 10.2. The summed E-state index contributed by atoms with van der Waals surface area (Å²) in [4.78, 5) is 11.3. The van der Waals surface area contributed by atoms with E-state index in [0.717, 1.165) is 49.6 Å². The maximum atomic E-state index is 6.08. The number of nitrogens with two attached hydrogens (primary N) is 1. The molecule has 0 aliphatic carbocycles. The molecule has 20 heavy (non-hydrogen) atoms. The number of morpholine rings is 1. The molecule has 1 fully saturated rings. The molecule has 108 valence electrons. The molecule has 3 heterocycles. The lowest BCUT2D eigenvalue weighted by Gasteiger charge is -2.29. The molecule has 0 radical (unpaired) electrons. The molecule has 1 aliphatic rings. The molecular weight excluding hydrogens is 254 g/mol. The van der Waals surface area contributed by atoms with Crippen molar-refractivity contribution in [3.8, 4) is 0 Å². The highest BCUT2D eigenvalue weighted by Gasteiger charge is 2.19. The molecule has 2 aromatic heterocycles. The Labute approximate surface area is 118 Å². The monoisotopic (exact) mass is 275 g/mol. The molecule has 6 heteroatoms. The zero-order valence-electron chi connectivity index (χ0n) is 12.0. The zero-order chi connectivity index (χ0) is 14.1. The van der Waals surface area contributed by atoms with Gasteiger partial charge < -0.3 is 10.5 Å². The van der Waals surface area contributed by atoms with E-state index >= 15 is 0 Å². The van der Waals surface area contributed by atoms with Crippen LogP contribution in [0.2, 0.25) is 0 Å². The second-order valence-corrected chi connectivity index (χ2v) is 5.46. The van der Waals surface area contributed by atoms with Gasteiger partial charge >= 0.3 is 0 Å². The Bertz CT molecular complexity index is 603. The molecule has 0 spiro atoms. The molecule has 1 atom stereocenters. The van der Waals surface area contributed by atoms with Crippen molar-refractivity contribution in [1.29, 1.82) is 0 Å². The van der Waals surface area contributed by atoms with Gasteiger partial charge in [0.15, 0.2) is 5.65 Å². The Kier molecular flexibility index (Phi) is 3.58. The van der Waals surface area contributed by atoms with Gasteiger partial charge in [0.25, 0.3) is 0 Å². The maximum Gasteiger partial charge on any atom is 0.202 e. The number of imidazole rings is 1. The number of nitrogen functional groups attached to an aromatic ring is 1. The van der Waals surface area contributed by atoms with Crippen molar-refractivity contribution < 1.29 is 4.74 Å². The second-order valence-electron chi connectivity index (χ2n) is 5.46. The Morgan fingerprint density at radius 2 is 2.15 bits per heavy atom. The first kappa shape index (κ1) is 13.3. The predicted octanol–water partition coefficient (Wildman–Crippen LogP) is 1.22. The average Bonchev–Trinajstić information content (AvgIpc) is 2.74. The molecule has 0 amide bonds. The summed E-state index contributed by atoms with van der Waals surface area (Å²) in [6.07, 6.45) is 1.86. The summed E-state index contributed by atoms with van der Waals surface area (Å²) in [5.41, 5.74) is 8.92. The predicted molar refractivity (Wildman–Crippen MR) is 78.6 cm³/mol. The van der Waals surface area contributed by atoms with Crippen LogP contribution in [-0.2, 0) is 4.74 Å². The fourth-order valence-electron chi connectivity index (χ4n) is 2.77. The number of pyridine rings is 1. The third kappa shape index (κ3) is 2.48. The van der Waals surface area contributed by atoms with E-state index in [1.165, 1.54) is 0 Å². The quantitative estimate of drug-likeness (QED) is 0.912. The summed E-state index contributed by atoms with van der Waals surface area (Å²) in [5.74, 6) is 0.541. The summed E-state index contributed by atoms with van der Waals surface area (Å²) in [7, 11) is 0. The van der Waals surface area contributed by atoms with Gasteiger partial charge in [0, 0.05) is 31.9 Å². The third-order valence-corrected chi connectivity index (χ3v) is 3.76. The molecule has 1 saturated heterocycles. The van der Waals surface area contributed by atoms with Gasteiger partial charge in [-0.15, -0.1) is 0 Å². The van der Waals surface area contributed by atoms with Crippen molar-refractivity contribution in [3.05, 3.63) is 17.8 Å². The molecule has 0 bridgehead atoms. The number of fused-ring (bicyclic) bond motifs is 1. The van der Waals surface area contributed by atoms with Crippen LogP contribution in [0.1, 0.15) is 18.5 Å². The van der Waals surface area contributed by atoms with Crippen molar-refractivity contribution >= 4 is 17.1 Å². The van der Waals surface area contributed by atoms with Crippen LogP contribution in [0.15, 0.2) is 12.3 Å². The zero-order valence-corrected chi connectivity index (χ0v) is 12.0. The first-order valence-electron chi connectivity index (χ1n) is 7.05. The van der Waals surface area contributed by atoms with Crippen molar-refractivity contribution in [3.63, 3.8) is 0 Å². The number of hydrogen-bond acceptors (Lipinski definition) is 5. The molecule has 0 aromatic carbocycles. The summed E-state index contributed by atoms with van der Waals surface area (Å²) in [6, 6.07) is 2.27. The fourth-order valence-corrected chi connectivity index (χ4v) is 2.77. The summed E-state index contributed by atoms with van der Waals surface area (Å²) in [6.45, 7) is 8.68. The van der Waals surface area contributed by atoms with Gasteiger partial charge in [0.2, 0.25) is 5.95 Å². The minimum Gasteiger partial charge on any atom is -0.379 e. The van der Waals surface area contributed by atoms with Crippen LogP contribution in [0.3, 0.4) is 0 Å². The van der Waals surface area contributed by atoms with Gasteiger partial charge in [0.1, 0.15) is 5.52 Å². The van der Waals surface area contributed by atoms with E-state index in [1.54, 1.807) is 0 Å². The summed E-state index contributed by atoms with van der Waals surface area (Å²) < 4.78 is 7.41. The largest absolute Gasteiger partial charge is 0.379 e. The van der Waals surface area contributed by atoms with Gasteiger partial charge in [-0.2, -0.15) is 0 Å². The standard InChI is InChI=1S/C14H21N5O/c1-10-7-12-13(16-8-10)19(14(15)17-12)11(2)9-18-3-5-20-6-4-18/h7-8,11H,3-6,9H2,1-2H3,(H2,15,17). The number of hydrogen-bond donors (Lipinski definition) is 1. The van der Waals surface area contributed by atoms with E-state index in [9.17, 15) is 0 Å². The van der Waals surface area contributed by atoms with Crippen LogP contribution in [0, 0.1) is 6.92 Å². The molecule has 1 unspecified atom stereocenters. The summed E-state index contributed by atoms with van der Waals surface area (Å²) >= 11 is 0. The Balaban J connectivity index is 1.86. The van der Waals surface area contributed by atoms with E-state index in [2.05, 4.69) is 21.8 Å². The van der Waals surface area contributed by atoms with E-state index < -0.39 is 0 Å². The highest BCUT2D eigenvalue weighted by Crippen LogP contribution is 2.22. The van der Waals surface area contributed by atoms with E-state index in [1.807, 2.05) is 23.8 Å². The van der Waals surface area contributed by atoms with Crippen molar-refractivity contribution in [2.45, 2.75) is 19.9 Å². The van der Waals surface area contributed by atoms with Crippen molar-refractivity contribution in [2.24, 2.45) is 0 Å². The number of aryl methyl sites for hydroxylation is 1. The molecule has 3 rings (SSSR count). The highest BCUT2D eigenvalue weighted by atomic mass is 16.5. The minimum atomic E-state index is 0.244. The van der Waals surface area contributed by atoms with Gasteiger partial charge in [0.05, 0.1) is 13.2 Å². The minimum absolute atomic E-state index is 0.244. The number of ether oxygens (including phenoxy) is 1. The van der Waals surface area contributed by atoms with Crippen molar-refractivity contribution in [2.75, 3.05) is 38.6 Å². The lowest BCUT2D eigenvalue weighted by molar-refractivity contribution is 0.0328. The smallest absolute Gasteiger partial charge is 0.202 e. The Hall–Kier alpha value is -1.66. The molecule has 0 saturated carbocycles. The number of nitrogens with zero attached hydrogens (tertiary/aromatic N) is 4. The lowest BCUT2D eigenvalue weighted by Crippen LogP contribution is -2.39. The molecular formula is C14H21N5O. The van der Waals surface area contributed by atoms with Gasteiger partial charge in [-0.3, -0.25) is 9.47 Å². The number of aromatic nitrogens is 3. The molecule has 1 aliphatic heterocycles. The van der Waals surface area contributed by atoms with Gasteiger partial charge in [-0.25, -0.2) is 9.97 Å². The second kappa shape index (κ2) is 5.38. The van der Waals surface area contributed by atoms with Crippen LogP contribution in [0.4, 0.5) is 5.95 Å². The van der Waals surface area contributed by atoms with Crippen LogP contribution in [0.5, 0.6) is 0 Å². The fraction of sp³-hybridized carbons (Fsp3) is 0.571. The number of rotatable bonds is 3. The van der Waals surface area contributed by atoms with Crippen LogP contribution in [0.25, 0.3) is 11.2 Å². The third-order valence-electron chi connectivity index (χ3n) is 3.76. The SMILES string of the molecule is Cc1cnc2c(c1)nc(N)n2C(C)CN1CCOCC1. The topological polar surface area (TPSA) is 69.2 Å². The van der Waals surface area contributed by atoms with Crippen molar-refractivity contribution in [1.82, 2.24) is 19.4 Å². The normalized spacial score (nSPS) is 18.5. The number of anilines is 1. The van der Waals surface area contributed by atoms with E-state index in [4.69, 9.17) is 10.5 Å². The maximum absolute atomic E-state index is 6.08. The Morgan fingerprint density at radius 3 is 2.90 bits per heavy atom. The highest BCUT2D eigenvalue weighted by molar-refractivity contribution is 5.74. The first-order chi connectivity index (χ1) is 9.65. The molecule has 6 nitrogen and oxygen atoms in total. The first-order valence-corrected chi connectivity index (χ1v) is 7.05. The van der Waals surface area contributed by atoms with E-state index in [-0.39, 0.29) is 6.04 Å². The van der Waals surface area contributed by atoms with Crippen LogP contribution in [-0.4, -0.2) is 52.3 Å². The molecule has 2 aromatic rings. The summed E-state index contributed by atoms with van der Waals surface area (Å²) in [5, 5.41) is 0. The van der Waals surface area contributed by atoms with Gasteiger partial charge in [-0.05, 0) is 25.5 Å². The molecule has 2 N–H and O–H groups in total.